The van der Waals surface area contributed by atoms with E-state index in [2.05, 4.69) is 4.90 Å². The summed E-state index contributed by atoms with van der Waals surface area (Å²) in [6, 6.07) is 0.385. The van der Waals surface area contributed by atoms with Crippen LogP contribution in [0.4, 0.5) is 0 Å². The van der Waals surface area contributed by atoms with Crippen molar-refractivity contribution in [3.8, 4) is 0 Å². The van der Waals surface area contributed by atoms with Crippen molar-refractivity contribution in [2.24, 2.45) is 0 Å². The number of carbonyl (C=O) groups is 1. The largest absolute Gasteiger partial charge is 0.352 e. The third-order valence-corrected chi connectivity index (χ3v) is 3.11. The quantitative estimate of drug-likeness (QED) is 0.610. The molecule has 1 fully saturated rings. The Hall–Kier alpha value is -0.450. The summed E-state index contributed by atoms with van der Waals surface area (Å²) in [5.74, 6) is 0.270. The average Bonchev–Trinajstić information content (AvgIpc) is 2.65. The highest BCUT2D eigenvalue weighted by atomic mass is 16.7. The van der Waals surface area contributed by atoms with Crippen LogP contribution in [0.1, 0.15) is 40.0 Å². The average molecular weight is 243 g/mol. The molecule has 4 heteroatoms. The lowest BCUT2D eigenvalue weighted by molar-refractivity contribution is -0.149. The van der Waals surface area contributed by atoms with Gasteiger partial charge in [-0.2, -0.15) is 0 Å². The molecule has 0 amide bonds. The second-order valence-corrected chi connectivity index (χ2v) is 4.54. The second kappa shape index (κ2) is 7.80. The van der Waals surface area contributed by atoms with Crippen LogP contribution in [-0.2, 0) is 14.3 Å². The molecule has 0 aromatic heterocycles. The van der Waals surface area contributed by atoms with E-state index in [-0.39, 0.29) is 12.1 Å². The van der Waals surface area contributed by atoms with Gasteiger partial charge in [0.1, 0.15) is 5.78 Å². The van der Waals surface area contributed by atoms with Crippen LogP contribution in [0.5, 0.6) is 0 Å². The Morgan fingerprint density at radius 1 is 1.35 bits per heavy atom. The summed E-state index contributed by atoms with van der Waals surface area (Å²) in [5, 5.41) is 0. The number of rotatable bonds is 8. The van der Waals surface area contributed by atoms with E-state index < -0.39 is 0 Å². The molecule has 17 heavy (non-hydrogen) atoms. The zero-order chi connectivity index (χ0) is 12.7. The molecule has 0 spiro atoms. The van der Waals surface area contributed by atoms with Gasteiger partial charge in [-0.05, 0) is 40.2 Å². The van der Waals surface area contributed by atoms with Crippen LogP contribution in [0.25, 0.3) is 0 Å². The van der Waals surface area contributed by atoms with Gasteiger partial charge < -0.3 is 9.47 Å². The fourth-order valence-electron chi connectivity index (χ4n) is 2.42. The molecule has 1 aliphatic rings. The molecule has 0 aromatic carbocycles. The monoisotopic (exact) mass is 243 g/mol. The molecule has 1 heterocycles. The van der Waals surface area contributed by atoms with Gasteiger partial charge in [-0.15, -0.1) is 0 Å². The Morgan fingerprint density at radius 3 is 2.53 bits per heavy atom. The minimum absolute atomic E-state index is 0.155. The summed E-state index contributed by atoms with van der Waals surface area (Å²) in [6.07, 6.45) is 2.79. The van der Waals surface area contributed by atoms with Gasteiger partial charge in [0.15, 0.2) is 6.29 Å². The van der Waals surface area contributed by atoms with E-state index >= 15 is 0 Å². The Kier molecular flexibility index (Phi) is 6.70. The Balaban J connectivity index is 2.43. The van der Waals surface area contributed by atoms with Gasteiger partial charge >= 0.3 is 0 Å². The van der Waals surface area contributed by atoms with Gasteiger partial charge in [0.05, 0.1) is 0 Å². The van der Waals surface area contributed by atoms with Crippen LogP contribution in [-0.4, -0.2) is 49.3 Å². The maximum Gasteiger partial charge on any atom is 0.170 e. The van der Waals surface area contributed by atoms with E-state index in [1.807, 2.05) is 13.8 Å². The van der Waals surface area contributed by atoms with E-state index in [9.17, 15) is 4.79 Å². The van der Waals surface area contributed by atoms with Crippen molar-refractivity contribution in [2.75, 3.05) is 26.3 Å². The Bertz CT molecular complexity index is 227. The summed E-state index contributed by atoms with van der Waals surface area (Å²) in [7, 11) is 0. The van der Waals surface area contributed by atoms with Crippen molar-refractivity contribution in [3.05, 3.63) is 0 Å². The first-order chi connectivity index (χ1) is 8.17. The molecular weight excluding hydrogens is 218 g/mol. The minimum Gasteiger partial charge on any atom is -0.352 e. The zero-order valence-electron chi connectivity index (χ0n) is 11.3. The number of ketones is 1. The smallest absolute Gasteiger partial charge is 0.170 e. The lowest BCUT2D eigenvalue weighted by Crippen LogP contribution is -2.39. The molecule has 1 aliphatic heterocycles. The predicted octanol–water partition coefficient (Wildman–Crippen LogP) is 1.83. The molecule has 0 radical (unpaired) electrons. The van der Waals surface area contributed by atoms with E-state index in [0.717, 1.165) is 19.5 Å². The number of carbonyl (C=O) groups excluding carboxylic acids is 1. The molecule has 4 nitrogen and oxygen atoms in total. The highest BCUT2D eigenvalue weighted by Gasteiger charge is 2.27. The lowest BCUT2D eigenvalue weighted by atomic mass is 10.1. The predicted molar refractivity (Wildman–Crippen MR) is 66.9 cm³/mol. The van der Waals surface area contributed by atoms with Gasteiger partial charge in [-0.3, -0.25) is 9.69 Å². The van der Waals surface area contributed by atoms with Gasteiger partial charge in [0, 0.05) is 32.2 Å². The van der Waals surface area contributed by atoms with Gasteiger partial charge in [0.25, 0.3) is 0 Å². The van der Waals surface area contributed by atoms with Crippen molar-refractivity contribution in [2.45, 2.75) is 52.4 Å². The Labute approximate surface area is 104 Å². The summed E-state index contributed by atoms with van der Waals surface area (Å²) in [5.41, 5.74) is 0. The minimum atomic E-state index is -0.155. The van der Waals surface area contributed by atoms with Crippen LogP contribution >= 0.6 is 0 Å². The number of Topliss-reactive ketones (excluding diaryl/α,β-unsaturated/α-hetero) is 1. The van der Waals surface area contributed by atoms with Crippen molar-refractivity contribution in [1.29, 1.82) is 0 Å². The molecule has 1 saturated heterocycles. The molecule has 0 N–H and O–H groups in total. The number of ether oxygens (including phenoxy) is 2. The summed E-state index contributed by atoms with van der Waals surface area (Å²) in [6.45, 7) is 8.77. The van der Waals surface area contributed by atoms with E-state index in [1.54, 1.807) is 6.92 Å². The summed E-state index contributed by atoms with van der Waals surface area (Å²) < 4.78 is 11.1. The van der Waals surface area contributed by atoms with E-state index in [4.69, 9.17) is 9.47 Å². The van der Waals surface area contributed by atoms with E-state index in [1.165, 1.54) is 6.42 Å². The molecule has 0 aliphatic carbocycles. The topological polar surface area (TPSA) is 38.8 Å². The summed E-state index contributed by atoms with van der Waals surface area (Å²) >= 11 is 0. The molecule has 1 rings (SSSR count). The van der Waals surface area contributed by atoms with Gasteiger partial charge in [0.2, 0.25) is 0 Å². The van der Waals surface area contributed by atoms with E-state index in [0.29, 0.717) is 25.7 Å². The fraction of sp³-hybridized carbons (Fsp3) is 0.923. The second-order valence-electron chi connectivity index (χ2n) is 4.54. The first kappa shape index (κ1) is 14.6. The maximum atomic E-state index is 11.2. The van der Waals surface area contributed by atoms with Crippen LogP contribution in [0.15, 0.2) is 0 Å². The summed E-state index contributed by atoms with van der Waals surface area (Å²) in [4.78, 5) is 13.5. The van der Waals surface area contributed by atoms with Gasteiger partial charge in [-0.25, -0.2) is 0 Å². The molecular formula is C13H25NO3. The number of likely N-dealkylation sites (tertiary alicyclic amines) is 1. The first-order valence-electron chi connectivity index (χ1n) is 6.64. The normalized spacial score (nSPS) is 21.3. The van der Waals surface area contributed by atoms with Crippen LogP contribution in [0.2, 0.25) is 0 Å². The molecule has 0 bridgehead atoms. The highest BCUT2D eigenvalue weighted by Crippen LogP contribution is 2.21. The highest BCUT2D eigenvalue weighted by molar-refractivity contribution is 5.76. The standard InChI is InChI=1S/C13H25NO3/c1-4-16-13(17-5-2)10-14-8-6-7-12(14)9-11(3)15/h12-13H,4-10H2,1-3H3. The molecule has 0 aromatic rings. The molecule has 1 unspecified atom stereocenters. The first-order valence-corrected chi connectivity index (χ1v) is 6.64. The van der Waals surface area contributed by atoms with Crippen molar-refractivity contribution >= 4 is 5.78 Å². The van der Waals surface area contributed by atoms with Gasteiger partial charge in [-0.1, -0.05) is 0 Å². The molecule has 0 saturated carbocycles. The maximum absolute atomic E-state index is 11.2. The van der Waals surface area contributed by atoms with Crippen LogP contribution in [0.3, 0.4) is 0 Å². The van der Waals surface area contributed by atoms with Crippen LogP contribution < -0.4 is 0 Å². The fourth-order valence-corrected chi connectivity index (χ4v) is 2.42. The third-order valence-electron chi connectivity index (χ3n) is 3.11. The van der Waals surface area contributed by atoms with Crippen LogP contribution in [0, 0.1) is 0 Å². The van der Waals surface area contributed by atoms with Crippen molar-refractivity contribution < 1.29 is 14.3 Å². The lowest BCUT2D eigenvalue weighted by Gasteiger charge is -2.28. The molecule has 100 valence electrons. The zero-order valence-corrected chi connectivity index (χ0v) is 11.3. The molecule has 1 atom stereocenters. The van der Waals surface area contributed by atoms with Crippen molar-refractivity contribution in [3.63, 3.8) is 0 Å². The number of nitrogens with zero attached hydrogens (tertiary/aromatic N) is 1. The Morgan fingerprint density at radius 2 is 2.00 bits per heavy atom. The SMILES string of the molecule is CCOC(CN1CCCC1CC(C)=O)OCC. The number of hydrogen-bond donors (Lipinski definition) is 0. The van der Waals surface area contributed by atoms with Crippen molar-refractivity contribution in [1.82, 2.24) is 4.90 Å². The third kappa shape index (κ3) is 5.15. The number of hydrogen-bond acceptors (Lipinski definition) is 4.